The number of methoxy groups -OCH3 is 1. The summed E-state index contributed by atoms with van der Waals surface area (Å²) >= 11 is 3.16. The van der Waals surface area contributed by atoms with Gasteiger partial charge in [0.1, 0.15) is 10.9 Å². The van der Waals surface area contributed by atoms with Crippen LogP contribution in [0.2, 0.25) is 0 Å². The SMILES string of the molecule is COC(=O)C1=C(/C=C/CN2Sc3c(CO)ccc4cccc2c34)C(C)C2C(SC)C(=O)N12. The lowest BCUT2D eigenvalue weighted by molar-refractivity contribution is -0.148. The normalized spacial score (nSPS) is 24.0. The van der Waals surface area contributed by atoms with Crippen LogP contribution in [0.15, 0.2) is 58.6 Å². The molecule has 0 bridgehead atoms. The Kier molecular flexibility index (Phi) is 5.47. The van der Waals surface area contributed by atoms with Crippen molar-refractivity contribution in [2.45, 2.75) is 29.7 Å². The molecule has 2 aromatic carbocycles. The average Bonchev–Trinajstić information content (AvgIpc) is 3.29. The highest BCUT2D eigenvalue weighted by Gasteiger charge is 2.57. The third-order valence-corrected chi connectivity index (χ3v) is 8.71. The topological polar surface area (TPSA) is 70.1 Å². The number of benzene rings is 2. The van der Waals surface area contributed by atoms with E-state index in [9.17, 15) is 14.7 Å². The number of amides is 1. The summed E-state index contributed by atoms with van der Waals surface area (Å²) in [6.45, 7) is 2.70. The second-order valence-corrected chi connectivity index (χ2v) is 10.1. The predicted octanol–water partition coefficient (Wildman–Crippen LogP) is 3.73. The lowest BCUT2D eigenvalue weighted by Gasteiger charge is -2.44. The van der Waals surface area contributed by atoms with Gasteiger partial charge in [-0.15, -0.1) is 11.8 Å². The summed E-state index contributed by atoms with van der Waals surface area (Å²) in [7, 11) is 1.35. The zero-order valence-corrected chi connectivity index (χ0v) is 19.7. The fourth-order valence-corrected chi connectivity index (χ4v) is 7.07. The maximum atomic E-state index is 12.6. The average molecular weight is 469 g/mol. The lowest BCUT2D eigenvalue weighted by atomic mass is 9.89. The van der Waals surface area contributed by atoms with Gasteiger partial charge in [0.15, 0.2) is 0 Å². The Morgan fingerprint density at radius 2 is 2.12 bits per heavy atom. The molecular weight excluding hydrogens is 444 g/mol. The number of rotatable bonds is 6. The van der Waals surface area contributed by atoms with Crippen molar-refractivity contribution in [3.63, 3.8) is 0 Å². The summed E-state index contributed by atoms with van der Waals surface area (Å²) in [4.78, 5) is 27.8. The highest BCUT2D eigenvalue weighted by molar-refractivity contribution is 8.01. The zero-order valence-electron chi connectivity index (χ0n) is 18.1. The molecule has 1 N–H and O–H groups in total. The number of β-lactam (4-membered cyclic amide) rings is 1. The quantitative estimate of drug-likeness (QED) is 0.394. The maximum absolute atomic E-state index is 12.6. The van der Waals surface area contributed by atoms with Gasteiger partial charge in [0, 0.05) is 22.7 Å². The molecule has 0 aromatic heterocycles. The van der Waals surface area contributed by atoms with Crippen LogP contribution in [-0.4, -0.2) is 53.1 Å². The van der Waals surface area contributed by atoms with Gasteiger partial charge in [0.2, 0.25) is 5.91 Å². The number of carbonyl (C=O) groups excluding carboxylic acids is 2. The van der Waals surface area contributed by atoms with Gasteiger partial charge >= 0.3 is 5.97 Å². The van der Waals surface area contributed by atoms with Gasteiger partial charge in [-0.25, -0.2) is 4.79 Å². The van der Waals surface area contributed by atoms with Gasteiger partial charge in [-0.05, 0) is 40.8 Å². The summed E-state index contributed by atoms with van der Waals surface area (Å²) in [6, 6.07) is 10.2. The molecule has 3 heterocycles. The molecule has 0 saturated carbocycles. The molecule has 6 nitrogen and oxygen atoms in total. The standard InChI is InChI=1S/C24H24N2O4S2/c1-13-16(20(24(29)30-2)26-19(13)22(31-3)23(26)28)7-5-11-25-17-8-4-6-14-9-10-15(12-27)21(32-25)18(14)17/h4-10,13,19,22,27H,11-12H2,1-3H3/b7-5+. The minimum absolute atomic E-state index is 0.00229. The van der Waals surface area contributed by atoms with E-state index in [0.717, 1.165) is 27.1 Å². The Labute approximate surface area is 195 Å². The van der Waals surface area contributed by atoms with Crippen molar-refractivity contribution in [1.29, 1.82) is 0 Å². The molecule has 3 aliphatic rings. The van der Waals surface area contributed by atoms with Crippen LogP contribution in [0.25, 0.3) is 10.8 Å². The van der Waals surface area contributed by atoms with E-state index in [2.05, 4.69) is 23.4 Å². The van der Waals surface area contributed by atoms with Gasteiger partial charge in [-0.3, -0.25) is 9.69 Å². The Morgan fingerprint density at radius 1 is 1.31 bits per heavy atom. The Bertz CT molecular complexity index is 1190. The molecule has 1 saturated heterocycles. The molecule has 32 heavy (non-hydrogen) atoms. The number of aliphatic hydroxyl groups excluding tert-OH is 1. The number of thioether (sulfide) groups is 1. The van der Waals surface area contributed by atoms with Crippen LogP contribution in [0, 0.1) is 5.92 Å². The molecule has 2 aromatic rings. The molecule has 3 unspecified atom stereocenters. The third kappa shape index (κ3) is 3.00. The van der Waals surface area contributed by atoms with E-state index in [1.807, 2.05) is 36.6 Å². The van der Waals surface area contributed by atoms with Crippen LogP contribution in [-0.2, 0) is 20.9 Å². The minimum Gasteiger partial charge on any atom is -0.464 e. The number of nitrogens with zero attached hydrogens (tertiary/aromatic N) is 2. The zero-order chi connectivity index (χ0) is 22.6. The first kappa shape index (κ1) is 21.4. The van der Waals surface area contributed by atoms with E-state index in [4.69, 9.17) is 4.74 Å². The van der Waals surface area contributed by atoms with Crippen LogP contribution in [0.4, 0.5) is 5.69 Å². The summed E-state index contributed by atoms with van der Waals surface area (Å²) < 4.78 is 7.19. The number of aliphatic hydroxyl groups is 1. The van der Waals surface area contributed by atoms with Crippen molar-refractivity contribution in [3.8, 4) is 0 Å². The molecule has 3 atom stereocenters. The smallest absolute Gasteiger partial charge is 0.355 e. The number of anilines is 1. The van der Waals surface area contributed by atoms with Crippen molar-refractivity contribution in [3.05, 3.63) is 59.3 Å². The molecule has 0 aliphatic carbocycles. The summed E-state index contributed by atoms with van der Waals surface area (Å²) in [5, 5.41) is 12.0. The molecule has 3 aliphatic heterocycles. The highest BCUT2D eigenvalue weighted by Crippen LogP contribution is 2.49. The van der Waals surface area contributed by atoms with Gasteiger partial charge in [0.25, 0.3) is 0 Å². The Morgan fingerprint density at radius 3 is 2.84 bits per heavy atom. The second-order valence-electron chi connectivity index (χ2n) is 8.08. The number of fused-ring (bicyclic) bond motifs is 1. The first-order chi connectivity index (χ1) is 15.5. The molecule has 0 spiro atoms. The van der Waals surface area contributed by atoms with Gasteiger partial charge in [0.05, 0.1) is 25.4 Å². The Balaban J connectivity index is 1.43. The van der Waals surface area contributed by atoms with E-state index in [1.54, 1.807) is 16.8 Å². The van der Waals surface area contributed by atoms with Crippen molar-refractivity contribution in [2.24, 2.45) is 5.92 Å². The van der Waals surface area contributed by atoms with Crippen LogP contribution < -0.4 is 4.31 Å². The molecule has 166 valence electrons. The summed E-state index contributed by atoms with van der Waals surface area (Å²) in [5.74, 6) is -0.428. The lowest BCUT2D eigenvalue weighted by Crippen LogP contribution is -2.62. The summed E-state index contributed by atoms with van der Waals surface area (Å²) in [5.41, 5.74) is 3.26. The third-order valence-electron chi connectivity index (χ3n) is 6.51. The minimum atomic E-state index is -0.466. The number of carbonyl (C=O) groups is 2. The fourth-order valence-electron chi connectivity index (χ4n) is 4.93. The van der Waals surface area contributed by atoms with E-state index in [0.29, 0.717) is 12.2 Å². The Hall–Kier alpha value is -2.42. The predicted molar refractivity (Wildman–Crippen MR) is 128 cm³/mol. The van der Waals surface area contributed by atoms with Crippen molar-refractivity contribution in [1.82, 2.24) is 4.90 Å². The number of hydrogen-bond acceptors (Lipinski definition) is 7. The molecule has 1 amide bonds. The summed E-state index contributed by atoms with van der Waals surface area (Å²) in [6.07, 6.45) is 5.94. The van der Waals surface area contributed by atoms with Crippen LogP contribution >= 0.6 is 23.7 Å². The molecular formula is C24H24N2O4S2. The van der Waals surface area contributed by atoms with E-state index in [-0.39, 0.29) is 29.7 Å². The molecule has 8 heteroatoms. The number of ether oxygens (including phenoxy) is 1. The first-order valence-electron chi connectivity index (χ1n) is 10.5. The second kappa shape index (κ2) is 8.17. The molecule has 0 radical (unpaired) electrons. The van der Waals surface area contributed by atoms with Gasteiger partial charge in [-0.1, -0.05) is 43.3 Å². The fraction of sp³-hybridized carbons (Fsp3) is 0.333. The van der Waals surface area contributed by atoms with Crippen molar-refractivity contribution in [2.75, 3.05) is 24.2 Å². The van der Waals surface area contributed by atoms with E-state index >= 15 is 0 Å². The van der Waals surface area contributed by atoms with Crippen molar-refractivity contribution < 1.29 is 19.4 Å². The van der Waals surface area contributed by atoms with Gasteiger partial charge in [-0.2, -0.15) is 0 Å². The largest absolute Gasteiger partial charge is 0.464 e. The monoisotopic (exact) mass is 468 g/mol. The van der Waals surface area contributed by atoms with Crippen LogP contribution in [0.1, 0.15) is 12.5 Å². The van der Waals surface area contributed by atoms with E-state index < -0.39 is 5.97 Å². The van der Waals surface area contributed by atoms with E-state index in [1.165, 1.54) is 24.3 Å². The molecule has 1 fully saturated rings. The maximum Gasteiger partial charge on any atom is 0.355 e. The first-order valence-corrected chi connectivity index (χ1v) is 12.5. The molecule has 5 rings (SSSR count). The number of allylic oxidation sites excluding steroid dienone is 1. The van der Waals surface area contributed by atoms with Gasteiger partial charge < -0.3 is 14.1 Å². The number of esters is 1. The van der Waals surface area contributed by atoms with Crippen LogP contribution in [0.3, 0.4) is 0 Å². The van der Waals surface area contributed by atoms with Crippen molar-refractivity contribution >= 4 is 52.0 Å². The van der Waals surface area contributed by atoms with Crippen LogP contribution in [0.5, 0.6) is 0 Å². The highest BCUT2D eigenvalue weighted by atomic mass is 32.2. The number of hydrogen-bond donors (Lipinski definition) is 1.